The minimum absolute atomic E-state index is 0.264. The summed E-state index contributed by atoms with van der Waals surface area (Å²) in [4.78, 5) is 26.1. The summed E-state index contributed by atoms with van der Waals surface area (Å²) >= 11 is 0. The van der Waals surface area contributed by atoms with Crippen LogP contribution in [0, 0.1) is 0 Å². The highest BCUT2D eigenvalue weighted by Crippen LogP contribution is 2.27. The number of amides is 1. The van der Waals surface area contributed by atoms with E-state index in [2.05, 4.69) is 10.4 Å². The molecule has 0 bridgehead atoms. The number of aryl methyl sites for hydroxylation is 1. The van der Waals surface area contributed by atoms with Gasteiger partial charge in [0.2, 0.25) is 0 Å². The van der Waals surface area contributed by atoms with E-state index < -0.39 is 0 Å². The lowest BCUT2D eigenvalue weighted by Gasteiger charge is -2.13. The average molecular weight is 388 g/mol. The van der Waals surface area contributed by atoms with Crippen molar-refractivity contribution in [1.29, 1.82) is 0 Å². The maximum atomic E-state index is 13.1. The van der Waals surface area contributed by atoms with Crippen LogP contribution in [0.4, 0.5) is 5.69 Å². The van der Waals surface area contributed by atoms with Gasteiger partial charge in [-0.25, -0.2) is 0 Å². The molecule has 1 N–H and O–H groups in total. The number of anilines is 1. The summed E-state index contributed by atoms with van der Waals surface area (Å²) in [7, 11) is 1.54. The number of hydrogen-bond acceptors (Lipinski definition) is 4. The second kappa shape index (κ2) is 7.63. The molecule has 1 amide bonds. The van der Waals surface area contributed by atoms with Gasteiger partial charge in [-0.15, -0.1) is 0 Å². The van der Waals surface area contributed by atoms with E-state index in [-0.39, 0.29) is 11.5 Å². The molecule has 2 aromatic carbocycles. The number of hydrogen-bond donors (Lipinski definition) is 1. The van der Waals surface area contributed by atoms with Crippen LogP contribution in [0.5, 0.6) is 5.75 Å². The summed E-state index contributed by atoms with van der Waals surface area (Å²) < 4.78 is 8.43. The third kappa shape index (κ3) is 3.38. The summed E-state index contributed by atoms with van der Waals surface area (Å²) in [6, 6.07) is 16.3. The molecule has 0 aromatic heterocycles. The molecule has 0 unspecified atom stereocenters. The van der Waals surface area contributed by atoms with Crippen molar-refractivity contribution in [3.05, 3.63) is 82.9 Å². The first kappa shape index (κ1) is 18.5. The van der Waals surface area contributed by atoms with Crippen molar-refractivity contribution in [3.8, 4) is 22.7 Å². The number of rotatable bonds is 5. The number of benzene rings is 2. The molecule has 0 radical (unpaired) electrons. The molecule has 0 spiro atoms. The van der Waals surface area contributed by atoms with Gasteiger partial charge in [-0.2, -0.15) is 9.78 Å². The molecule has 7 nitrogen and oxygen atoms in total. The predicted octanol–water partition coefficient (Wildman–Crippen LogP) is 3.42. The third-order valence-electron chi connectivity index (χ3n) is 4.69. The second-order valence-electron chi connectivity index (χ2n) is 6.47. The largest absolute Gasteiger partial charge is 0.495 e. The zero-order chi connectivity index (χ0) is 20.4. The quantitative estimate of drug-likeness (QED) is 0.568. The van der Waals surface area contributed by atoms with Crippen LogP contribution in [0.25, 0.3) is 16.9 Å². The highest BCUT2D eigenvalue weighted by molar-refractivity contribution is 6.08. The zero-order valence-corrected chi connectivity index (χ0v) is 16.1. The summed E-state index contributed by atoms with van der Waals surface area (Å²) in [6.07, 6.45) is 3.43. The number of nitrogens with zero attached hydrogens (tertiary/aromatic N) is 3. The molecule has 146 valence electrons. The van der Waals surface area contributed by atoms with Crippen LogP contribution >= 0.6 is 0 Å². The molecule has 2 aliphatic rings. The zero-order valence-electron chi connectivity index (χ0n) is 16.1. The second-order valence-corrected chi connectivity index (χ2v) is 6.47. The van der Waals surface area contributed by atoms with Crippen LogP contribution in [0.1, 0.15) is 17.3 Å². The smallest absolute Gasteiger partial charge is 0.282 e. The normalized spacial score (nSPS) is 10.8. The van der Waals surface area contributed by atoms with Gasteiger partial charge < -0.3 is 14.6 Å². The first-order valence-electron chi connectivity index (χ1n) is 9.25. The van der Waals surface area contributed by atoms with Crippen molar-refractivity contribution in [2.45, 2.75) is 13.5 Å². The summed E-state index contributed by atoms with van der Waals surface area (Å²) in [5.41, 5.74) is 2.00. The minimum atomic E-state index is -0.361. The molecule has 29 heavy (non-hydrogen) atoms. The van der Waals surface area contributed by atoms with Crippen molar-refractivity contribution in [3.63, 3.8) is 0 Å². The number of carbonyl (C=O) groups excluding carboxylic acids is 1. The van der Waals surface area contributed by atoms with Crippen LogP contribution < -0.4 is 15.6 Å². The summed E-state index contributed by atoms with van der Waals surface area (Å²) in [5, 5.41) is 7.32. The van der Waals surface area contributed by atoms with Gasteiger partial charge in [-0.3, -0.25) is 9.59 Å². The molecule has 2 aromatic rings. The Morgan fingerprint density at radius 3 is 2.52 bits per heavy atom. The van der Waals surface area contributed by atoms with Gasteiger partial charge in [-0.1, -0.05) is 30.3 Å². The Kier molecular flexibility index (Phi) is 4.87. The van der Waals surface area contributed by atoms with E-state index in [0.29, 0.717) is 40.5 Å². The molecule has 0 saturated heterocycles. The van der Waals surface area contributed by atoms with E-state index in [1.807, 2.05) is 37.3 Å². The Hall–Kier alpha value is -3.87. The standard InChI is InChI=1S/C22H20N4O3/c1-3-25-13-16(21(27)23-18-11-7-8-12-19(18)29-2)20-17(14-25)22(28)26(24-20)15-9-5-4-6-10-15/h4-14H,3H2,1-2H3,(H,23,27). The molecular formula is C22H20N4O3. The fraction of sp³-hybridized carbons (Fsp3) is 0.136. The highest BCUT2D eigenvalue weighted by Gasteiger charge is 2.24. The molecule has 7 heteroatoms. The monoisotopic (exact) mass is 388 g/mol. The maximum Gasteiger partial charge on any atom is 0.282 e. The molecule has 4 rings (SSSR count). The van der Waals surface area contributed by atoms with Crippen LogP contribution in [0.3, 0.4) is 0 Å². The average Bonchev–Trinajstić information content (AvgIpc) is 3.10. The number of nitrogens with one attached hydrogen (secondary N) is 1. The van der Waals surface area contributed by atoms with Crippen LogP contribution in [0.15, 0.2) is 71.8 Å². The lowest BCUT2D eigenvalue weighted by molar-refractivity contribution is 0.102. The first-order chi connectivity index (χ1) is 14.1. The van der Waals surface area contributed by atoms with Crippen LogP contribution in [-0.2, 0) is 6.54 Å². The molecule has 0 atom stereocenters. The van der Waals surface area contributed by atoms with Gasteiger partial charge in [0.05, 0.1) is 29.6 Å². The van der Waals surface area contributed by atoms with Crippen molar-refractivity contribution in [2.75, 3.05) is 12.4 Å². The predicted molar refractivity (Wildman–Crippen MR) is 111 cm³/mol. The Bertz CT molecular complexity index is 1190. The van der Waals surface area contributed by atoms with Crippen LogP contribution in [-0.4, -0.2) is 27.4 Å². The van der Waals surface area contributed by atoms with Gasteiger partial charge in [0.15, 0.2) is 0 Å². The van der Waals surface area contributed by atoms with Gasteiger partial charge in [0.25, 0.3) is 11.5 Å². The fourth-order valence-corrected chi connectivity index (χ4v) is 3.19. The van der Waals surface area contributed by atoms with E-state index in [1.165, 1.54) is 4.68 Å². The maximum absolute atomic E-state index is 13.1. The number of methoxy groups -OCH3 is 1. The molecule has 0 aliphatic carbocycles. The van der Waals surface area contributed by atoms with E-state index in [4.69, 9.17) is 4.74 Å². The minimum Gasteiger partial charge on any atom is -0.495 e. The number of ether oxygens (including phenoxy) is 1. The highest BCUT2D eigenvalue weighted by atomic mass is 16.5. The Morgan fingerprint density at radius 1 is 1.07 bits per heavy atom. The van der Waals surface area contributed by atoms with E-state index in [0.717, 1.165) is 0 Å². The van der Waals surface area contributed by atoms with Crippen molar-refractivity contribution in [1.82, 2.24) is 14.3 Å². The van der Waals surface area contributed by atoms with Crippen molar-refractivity contribution >= 4 is 11.6 Å². The molecule has 0 fully saturated rings. The summed E-state index contributed by atoms with van der Waals surface area (Å²) in [6.45, 7) is 2.56. The Labute approximate surface area is 167 Å². The van der Waals surface area contributed by atoms with Gasteiger partial charge in [-0.05, 0) is 31.2 Å². The summed E-state index contributed by atoms with van der Waals surface area (Å²) in [5.74, 6) is 0.190. The lowest BCUT2D eigenvalue weighted by atomic mass is 10.1. The van der Waals surface area contributed by atoms with Gasteiger partial charge in [0, 0.05) is 18.9 Å². The molecule has 2 aliphatic heterocycles. The Balaban J connectivity index is 1.83. The SMILES string of the molecule is CCn1cc(C(=O)Nc2ccccc2OC)c2nn(-c3ccccc3)c(=O)c-2c1. The topological polar surface area (TPSA) is 78.2 Å². The lowest BCUT2D eigenvalue weighted by Crippen LogP contribution is -2.17. The molecule has 0 saturated carbocycles. The number of carbonyl (C=O) groups is 1. The van der Waals surface area contributed by atoms with E-state index in [1.54, 1.807) is 48.3 Å². The Morgan fingerprint density at radius 2 is 1.79 bits per heavy atom. The van der Waals surface area contributed by atoms with Crippen molar-refractivity contribution in [2.24, 2.45) is 0 Å². The number of pyridine rings is 1. The van der Waals surface area contributed by atoms with E-state index in [9.17, 15) is 9.59 Å². The third-order valence-corrected chi connectivity index (χ3v) is 4.69. The van der Waals surface area contributed by atoms with Gasteiger partial charge in [0.1, 0.15) is 11.4 Å². The number of fused-ring (bicyclic) bond motifs is 1. The fourth-order valence-electron chi connectivity index (χ4n) is 3.19. The molecule has 2 heterocycles. The van der Waals surface area contributed by atoms with Crippen molar-refractivity contribution < 1.29 is 9.53 Å². The number of para-hydroxylation sites is 3. The van der Waals surface area contributed by atoms with Gasteiger partial charge >= 0.3 is 0 Å². The number of aromatic nitrogens is 3. The van der Waals surface area contributed by atoms with Crippen LogP contribution in [0.2, 0.25) is 0 Å². The van der Waals surface area contributed by atoms with E-state index >= 15 is 0 Å². The first-order valence-corrected chi connectivity index (χ1v) is 9.25. The molecular weight excluding hydrogens is 368 g/mol.